The molecule has 0 atom stereocenters. The van der Waals surface area contributed by atoms with E-state index >= 15 is 0 Å². The quantitative estimate of drug-likeness (QED) is 0.907. The molecule has 19 heavy (non-hydrogen) atoms. The highest BCUT2D eigenvalue weighted by Gasteiger charge is 2.27. The number of nitrogens with two attached hydrogens (primary N) is 1. The molecule has 1 aliphatic heterocycles. The van der Waals surface area contributed by atoms with E-state index in [9.17, 15) is 0 Å². The molecule has 1 aromatic rings. The van der Waals surface area contributed by atoms with Crippen LogP contribution < -0.4 is 10.6 Å². The molecule has 1 saturated carbocycles. The minimum Gasteiger partial charge on any atom is -0.397 e. The van der Waals surface area contributed by atoms with E-state index in [2.05, 4.69) is 30.7 Å². The van der Waals surface area contributed by atoms with Crippen molar-refractivity contribution in [2.45, 2.75) is 31.7 Å². The van der Waals surface area contributed by atoms with Gasteiger partial charge in [0.2, 0.25) is 0 Å². The van der Waals surface area contributed by atoms with Crippen LogP contribution in [0.15, 0.2) is 16.7 Å². The Bertz CT molecular complexity index is 437. The molecule has 0 aromatic carbocycles. The Morgan fingerprint density at radius 1 is 1.16 bits per heavy atom. The Kier molecular flexibility index (Phi) is 3.93. The minimum atomic E-state index is 0.709. The highest BCUT2D eigenvalue weighted by molar-refractivity contribution is 9.10. The second kappa shape index (κ2) is 5.67. The van der Waals surface area contributed by atoms with E-state index in [0.29, 0.717) is 5.69 Å². The normalized spacial score (nSPS) is 22.1. The summed E-state index contributed by atoms with van der Waals surface area (Å²) in [4.78, 5) is 9.48. The van der Waals surface area contributed by atoms with E-state index in [4.69, 9.17) is 5.73 Å². The van der Waals surface area contributed by atoms with Gasteiger partial charge in [-0.05, 0) is 34.8 Å². The first kappa shape index (κ1) is 13.2. The maximum Gasteiger partial charge on any atom is 0.143 e. The van der Waals surface area contributed by atoms with Crippen molar-refractivity contribution in [2.24, 2.45) is 0 Å². The minimum absolute atomic E-state index is 0.709. The van der Waals surface area contributed by atoms with E-state index in [1.165, 1.54) is 25.7 Å². The third kappa shape index (κ3) is 2.87. The van der Waals surface area contributed by atoms with Gasteiger partial charge < -0.3 is 10.6 Å². The molecule has 104 valence electrons. The predicted molar refractivity (Wildman–Crippen MR) is 82.4 cm³/mol. The van der Waals surface area contributed by atoms with Gasteiger partial charge in [-0.1, -0.05) is 12.8 Å². The summed E-state index contributed by atoms with van der Waals surface area (Å²) in [7, 11) is 0. The van der Waals surface area contributed by atoms with E-state index in [-0.39, 0.29) is 0 Å². The molecule has 2 aliphatic rings. The molecule has 1 aromatic heterocycles. The maximum atomic E-state index is 5.74. The van der Waals surface area contributed by atoms with Crippen molar-refractivity contribution in [1.82, 2.24) is 9.88 Å². The van der Waals surface area contributed by atoms with Gasteiger partial charge in [0.05, 0.1) is 16.4 Å². The van der Waals surface area contributed by atoms with Crippen LogP contribution in [0.4, 0.5) is 11.5 Å². The zero-order valence-electron chi connectivity index (χ0n) is 11.2. The van der Waals surface area contributed by atoms with E-state index in [1.54, 1.807) is 6.20 Å². The largest absolute Gasteiger partial charge is 0.397 e. The summed E-state index contributed by atoms with van der Waals surface area (Å²) in [5.41, 5.74) is 6.45. The molecule has 2 fully saturated rings. The molecule has 1 saturated heterocycles. The van der Waals surface area contributed by atoms with Gasteiger partial charge in [0, 0.05) is 32.2 Å². The van der Waals surface area contributed by atoms with Gasteiger partial charge in [-0.2, -0.15) is 0 Å². The topological polar surface area (TPSA) is 45.4 Å². The number of halogens is 1. The summed E-state index contributed by atoms with van der Waals surface area (Å²) in [6.45, 7) is 4.43. The van der Waals surface area contributed by atoms with Crippen LogP contribution in [0.1, 0.15) is 25.7 Å². The van der Waals surface area contributed by atoms with Crippen molar-refractivity contribution in [3.63, 3.8) is 0 Å². The lowest BCUT2D eigenvalue weighted by Crippen LogP contribution is -2.50. The molecule has 0 spiro atoms. The number of nitrogen functional groups attached to an aromatic ring is 1. The molecule has 3 rings (SSSR count). The van der Waals surface area contributed by atoms with Crippen LogP contribution in [0.5, 0.6) is 0 Å². The predicted octanol–water partition coefficient (Wildman–Crippen LogP) is 2.49. The van der Waals surface area contributed by atoms with Gasteiger partial charge in [-0.25, -0.2) is 4.98 Å². The van der Waals surface area contributed by atoms with Crippen molar-refractivity contribution in [3.05, 3.63) is 16.7 Å². The first-order valence-corrected chi connectivity index (χ1v) is 7.93. The fourth-order valence-corrected chi connectivity index (χ4v) is 3.86. The Morgan fingerprint density at radius 2 is 1.84 bits per heavy atom. The highest BCUT2D eigenvalue weighted by atomic mass is 79.9. The third-order valence-electron chi connectivity index (χ3n) is 4.30. The summed E-state index contributed by atoms with van der Waals surface area (Å²) in [6.07, 6.45) is 7.35. The lowest BCUT2D eigenvalue weighted by molar-refractivity contribution is 0.187. The summed E-state index contributed by atoms with van der Waals surface area (Å²) in [5, 5.41) is 0. The van der Waals surface area contributed by atoms with Gasteiger partial charge in [0.1, 0.15) is 5.82 Å². The number of rotatable bonds is 2. The van der Waals surface area contributed by atoms with Crippen molar-refractivity contribution in [1.29, 1.82) is 0 Å². The molecule has 4 nitrogen and oxygen atoms in total. The first-order valence-electron chi connectivity index (χ1n) is 7.14. The molecule has 0 unspecified atom stereocenters. The van der Waals surface area contributed by atoms with Crippen molar-refractivity contribution >= 4 is 27.4 Å². The van der Waals surface area contributed by atoms with Crippen LogP contribution in [0, 0.1) is 0 Å². The van der Waals surface area contributed by atoms with Crippen LogP contribution in [0.25, 0.3) is 0 Å². The Balaban J connectivity index is 1.63. The van der Waals surface area contributed by atoms with Gasteiger partial charge in [0.25, 0.3) is 0 Å². The van der Waals surface area contributed by atoms with Crippen molar-refractivity contribution in [3.8, 4) is 0 Å². The van der Waals surface area contributed by atoms with E-state index in [0.717, 1.165) is 42.5 Å². The molecule has 5 heteroatoms. The molecule has 0 radical (unpaired) electrons. The maximum absolute atomic E-state index is 5.74. The number of aromatic nitrogens is 1. The second-order valence-electron chi connectivity index (χ2n) is 5.54. The second-order valence-corrected chi connectivity index (χ2v) is 6.39. The van der Waals surface area contributed by atoms with Crippen LogP contribution in [-0.2, 0) is 0 Å². The Labute approximate surface area is 123 Å². The SMILES string of the molecule is Nc1cnc(N2CCN(C3CCCC3)CC2)c(Br)c1. The average molecular weight is 325 g/mol. The Hall–Kier alpha value is -0.810. The van der Waals surface area contributed by atoms with Gasteiger partial charge in [-0.15, -0.1) is 0 Å². The van der Waals surface area contributed by atoms with Crippen LogP contribution >= 0.6 is 15.9 Å². The molecule has 1 aliphatic carbocycles. The van der Waals surface area contributed by atoms with Crippen LogP contribution in [-0.4, -0.2) is 42.1 Å². The highest BCUT2D eigenvalue weighted by Crippen LogP contribution is 2.28. The summed E-state index contributed by atoms with van der Waals surface area (Å²) >= 11 is 3.57. The molecular formula is C14H21BrN4. The number of hydrogen-bond acceptors (Lipinski definition) is 4. The average Bonchev–Trinajstić information content (AvgIpc) is 2.93. The smallest absolute Gasteiger partial charge is 0.143 e. The van der Waals surface area contributed by atoms with Gasteiger partial charge in [0.15, 0.2) is 0 Å². The fraction of sp³-hybridized carbons (Fsp3) is 0.643. The number of piperazine rings is 1. The molecule has 2 heterocycles. The van der Waals surface area contributed by atoms with Crippen LogP contribution in [0.2, 0.25) is 0 Å². The summed E-state index contributed by atoms with van der Waals surface area (Å²) in [5.74, 6) is 1.03. The van der Waals surface area contributed by atoms with E-state index < -0.39 is 0 Å². The number of anilines is 2. The van der Waals surface area contributed by atoms with E-state index in [1.807, 2.05) is 6.07 Å². The lowest BCUT2D eigenvalue weighted by atomic mass is 10.2. The number of pyridine rings is 1. The van der Waals surface area contributed by atoms with Gasteiger partial charge >= 0.3 is 0 Å². The summed E-state index contributed by atoms with van der Waals surface area (Å²) < 4.78 is 1.00. The molecule has 0 bridgehead atoms. The fourth-order valence-electron chi connectivity index (χ4n) is 3.25. The molecular weight excluding hydrogens is 304 g/mol. The van der Waals surface area contributed by atoms with Gasteiger partial charge in [-0.3, -0.25) is 4.90 Å². The monoisotopic (exact) mass is 324 g/mol. The van der Waals surface area contributed by atoms with Crippen LogP contribution in [0.3, 0.4) is 0 Å². The van der Waals surface area contributed by atoms with Crippen molar-refractivity contribution < 1.29 is 0 Å². The standard InChI is InChI=1S/C14H21BrN4/c15-13-9-11(16)10-17-14(13)19-7-5-18(6-8-19)12-3-1-2-4-12/h9-10,12H,1-8,16H2. The Morgan fingerprint density at radius 3 is 2.47 bits per heavy atom. The number of hydrogen-bond donors (Lipinski definition) is 1. The lowest BCUT2D eigenvalue weighted by Gasteiger charge is -2.38. The molecule has 2 N–H and O–H groups in total. The summed E-state index contributed by atoms with van der Waals surface area (Å²) in [6, 6.07) is 2.77. The zero-order chi connectivity index (χ0) is 13.2. The van der Waals surface area contributed by atoms with Crippen molar-refractivity contribution in [2.75, 3.05) is 36.8 Å². The number of nitrogens with zero attached hydrogens (tertiary/aromatic N) is 3. The third-order valence-corrected chi connectivity index (χ3v) is 4.88. The first-order chi connectivity index (χ1) is 9.24. The molecule has 0 amide bonds. The zero-order valence-corrected chi connectivity index (χ0v) is 12.8.